The van der Waals surface area contributed by atoms with Gasteiger partial charge in [0.2, 0.25) is 0 Å². The van der Waals surface area contributed by atoms with Crippen LogP contribution in [0.15, 0.2) is 9.59 Å². The molecule has 0 unspecified atom stereocenters. The van der Waals surface area contributed by atoms with E-state index in [0.717, 1.165) is 59.7 Å². The molecule has 0 aromatic carbocycles. The Bertz CT molecular complexity index is 999. The SMILES string of the molecule is Cn1c(=O)nc2n(CCC3CC3)nc(C34CC5CC(CC(C5)C3)C4)nc-2c1=O. The highest BCUT2D eigenvalue weighted by Gasteiger charge is 2.53. The van der Waals surface area contributed by atoms with Gasteiger partial charge in [0.1, 0.15) is 0 Å². The summed E-state index contributed by atoms with van der Waals surface area (Å²) in [7, 11) is 1.48. The predicted molar refractivity (Wildman–Crippen MR) is 103 cm³/mol. The standard InChI is InChI=1S/C21H27N5O2/c1-25-18(27)16-17(23-20(25)28)26(5-4-12-2-3-12)24-19(22-16)21-9-13-6-14(10-21)8-15(7-13)11-21/h12-15H,2-11H2,1H3. The molecule has 7 rings (SSSR count). The lowest BCUT2D eigenvalue weighted by molar-refractivity contribution is -0.0103. The first kappa shape index (κ1) is 16.9. The van der Waals surface area contributed by atoms with Crippen molar-refractivity contribution in [3.05, 3.63) is 26.7 Å². The molecule has 148 valence electrons. The van der Waals surface area contributed by atoms with Crippen LogP contribution in [0.3, 0.4) is 0 Å². The molecular weight excluding hydrogens is 354 g/mol. The maximum atomic E-state index is 12.9. The Morgan fingerprint density at radius 2 is 1.64 bits per heavy atom. The van der Waals surface area contributed by atoms with Gasteiger partial charge in [-0.05, 0) is 68.6 Å². The van der Waals surface area contributed by atoms with Gasteiger partial charge >= 0.3 is 5.69 Å². The van der Waals surface area contributed by atoms with Gasteiger partial charge in [-0.3, -0.25) is 9.36 Å². The van der Waals surface area contributed by atoms with Crippen LogP contribution in [-0.4, -0.2) is 24.3 Å². The lowest BCUT2D eigenvalue weighted by Crippen LogP contribution is -2.50. The molecule has 0 aromatic heterocycles. The molecule has 7 heteroatoms. The van der Waals surface area contributed by atoms with Crippen molar-refractivity contribution in [3.8, 4) is 11.5 Å². The molecule has 7 aliphatic rings. The minimum absolute atomic E-state index is 0.0193. The number of hydrogen-bond donors (Lipinski definition) is 0. The number of aromatic nitrogens is 5. The van der Waals surface area contributed by atoms with Gasteiger partial charge in [0, 0.05) is 19.0 Å². The molecular formula is C21H27N5O2. The summed E-state index contributed by atoms with van der Waals surface area (Å²) < 4.78 is 2.90. The van der Waals surface area contributed by atoms with Crippen molar-refractivity contribution >= 4 is 0 Å². The first-order chi connectivity index (χ1) is 13.5. The Labute approximate surface area is 163 Å². The Hall–Kier alpha value is -2.05. The van der Waals surface area contributed by atoms with Crippen LogP contribution in [0.25, 0.3) is 11.5 Å². The zero-order chi connectivity index (χ0) is 19.0. The average molecular weight is 381 g/mol. The van der Waals surface area contributed by atoms with Crippen LogP contribution in [-0.2, 0) is 19.0 Å². The molecule has 0 aromatic rings. The molecule has 4 bridgehead atoms. The zero-order valence-corrected chi connectivity index (χ0v) is 16.4. The van der Waals surface area contributed by atoms with Gasteiger partial charge in [-0.15, -0.1) is 0 Å². The first-order valence-electron chi connectivity index (χ1n) is 10.9. The van der Waals surface area contributed by atoms with E-state index < -0.39 is 5.69 Å². The van der Waals surface area contributed by atoms with Gasteiger partial charge in [-0.1, -0.05) is 12.8 Å². The fourth-order valence-corrected chi connectivity index (χ4v) is 6.60. The van der Waals surface area contributed by atoms with E-state index in [2.05, 4.69) is 4.98 Å². The second-order valence-corrected chi connectivity index (χ2v) is 10.0. The molecule has 7 nitrogen and oxygen atoms in total. The van der Waals surface area contributed by atoms with Crippen molar-refractivity contribution in [2.75, 3.05) is 0 Å². The molecule has 5 saturated carbocycles. The number of rotatable bonds is 4. The maximum absolute atomic E-state index is 12.9. The van der Waals surface area contributed by atoms with Crippen LogP contribution >= 0.6 is 0 Å². The predicted octanol–water partition coefficient (Wildman–Crippen LogP) is 2.10. The van der Waals surface area contributed by atoms with E-state index in [-0.39, 0.29) is 11.0 Å². The lowest BCUT2D eigenvalue weighted by atomic mass is 9.49. The second kappa shape index (κ2) is 5.74. The largest absolute Gasteiger partial charge is 0.352 e. The molecule has 5 aliphatic carbocycles. The van der Waals surface area contributed by atoms with E-state index in [1.54, 1.807) is 0 Å². The summed E-state index contributed by atoms with van der Waals surface area (Å²) in [6, 6.07) is 0. The third-order valence-corrected chi connectivity index (χ3v) is 7.84. The van der Waals surface area contributed by atoms with E-state index in [9.17, 15) is 9.59 Å². The molecule has 0 N–H and O–H groups in total. The quantitative estimate of drug-likeness (QED) is 0.810. The Morgan fingerprint density at radius 1 is 1.00 bits per heavy atom. The fourth-order valence-electron chi connectivity index (χ4n) is 6.60. The van der Waals surface area contributed by atoms with Gasteiger partial charge in [0.25, 0.3) is 5.56 Å². The van der Waals surface area contributed by atoms with E-state index in [1.807, 2.05) is 4.68 Å². The maximum Gasteiger partial charge on any atom is 0.352 e. The van der Waals surface area contributed by atoms with Crippen molar-refractivity contribution in [1.82, 2.24) is 24.3 Å². The van der Waals surface area contributed by atoms with E-state index >= 15 is 0 Å². The highest BCUT2D eigenvalue weighted by molar-refractivity contribution is 5.48. The van der Waals surface area contributed by atoms with Gasteiger partial charge < -0.3 is 0 Å². The summed E-state index contributed by atoms with van der Waals surface area (Å²) in [5.74, 6) is 4.31. The second-order valence-electron chi connectivity index (χ2n) is 10.0. The average Bonchev–Trinajstić information content (AvgIpc) is 3.48. The summed E-state index contributed by atoms with van der Waals surface area (Å²) in [6.07, 6.45) is 11.1. The fraction of sp³-hybridized carbons (Fsp3) is 0.762. The number of aryl methyl sites for hydroxylation is 1. The first-order valence-corrected chi connectivity index (χ1v) is 10.9. The highest BCUT2D eigenvalue weighted by Crippen LogP contribution is 2.60. The zero-order valence-electron chi connectivity index (χ0n) is 16.4. The molecule has 0 saturated heterocycles. The van der Waals surface area contributed by atoms with E-state index in [1.165, 1.54) is 39.2 Å². The number of hydrogen-bond acceptors (Lipinski definition) is 5. The molecule has 0 amide bonds. The van der Waals surface area contributed by atoms with E-state index in [0.29, 0.717) is 18.1 Å². The minimum Gasteiger partial charge on any atom is -0.267 e. The Kier molecular flexibility index (Phi) is 3.45. The Morgan fingerprint density at radius 3 is 2.25 bits per heavy atom. The Balaban J connectivity index is 1.52. The van der Waals surface area contributed by atoms with Gasteiger partial charge in [-0.2, -0.15) is 10.1 Å². The van der Waals surface area contributed by atoms with Gasteiger partial charge in [0.05, 0.1) is 0 Å². The summed E-state index contributed by atoms with van der Waals surface area (Å²) >= 11 is 0. The monoisotopic (exact) mass is 381 g/mol. The molecule has 0 atom stereocenters. The third kappa shape index (κ3) is 2.51. The van der Waals surface area contributed by atoms with E-state index in [4.69, 9.17) is 10.1 Å². The lowest BCUT2D eigenvalue weighted by Gasteiger charge is -2.55. The van der Waals surface area contributed by atoms with Crippen LogP contribution < -0.4 is 11.2 Å². The van der Waals surface area contributed by atoms with Crippen molar-refractivity contribution in [3.63, 3.8) is 0 Å². The smallest absolute Gasteiger partial charge is 0.267 e. The normalized spacial score (nSPS) is 33.7. The van der Waals surface area contributed by atoms with Crippen LogP contribution in [0.2, 0.25) is 0 Å². The van der Waals surface area contributed by atoms with Crippen LogP contribution in [0.4, 0.5) is 0 Å². The molecule has 2 heterocycles. The summed E-state index contributed by atoms with van der Waals surface area (Å²) in [6.45, 7) is 0.711. The van der Waals surface area contributed by atoms with Crippen LogP contribution in [0.5, 0.6) is 0 Å². The van der Waals surface area contributed by atoms with Crippen LogP contribution in [0.1, 0.15) is 63.6 Å². The molecule has 5 fully saturated rings. The van der Waals surface area contributed by atoms with Crippen molar-refractivity contribution in [2.24, 2.45) is 30.7 Å². The van der Waals surface area contributed by atoms with Crippen molar-refractivity contribution < 1.29 is 0 Å². The van der Waals surface area contributed by atoms with Gasteiger partial charge in [0.15, 0.2) is 17.3 Å². The topological polar surface area (TPSA) is 82.7 Å². The highest BCUT2D eigenvalue weighted by atomic mass is 16.2. The summed E-state index contributed by atoms with van der Waals surface area (Å²) in [5.41, 5.74) is -0.531. The minimum atomic E-state index is -0.524. The molecule has 0 spiro atoms. The van der Waals surface area contributed by atoms with Crippen molar-refractivity contribution in [1.29, 1.82) is 0 Å². The molecule has 0 radical (unpaired) electrons. The summed E-state index contributed by atoms with van der Waals surface area (Å²) in [4.78, 5) is 34.0. The number of fused-ring (bicyclic) bond motifs is 1. The van der Waals surface area contributed by atoms with Gasteiger partial charge in [-0.25, -0.2) is 14.5 Å². The number of nitrogens with zero attached hydrogens (tertiary/aromatic N) is 5. The van der Waals surface area contributed by atoms with Crippen molar-refractivity contribution in [2.45, 2.75) is 69.7 Å². The van der Waals surface area contributed by atoms with Crippen LogP contribution in [0, 0.1) is 23.7 Å². The molecule has 28 heavy (non-hydrogen) atoms. The third-order valence-electron chi connectivity index (χ3n) is 7.84. The summed E-state index contributed by atoms with van der Waals surface area (Å²) in [5, 5.41) is 4.96. The molecule has 2 aliphatic heterocycles.